The molecule has 2 rings (SSSR count). The Bertz CT molecular complexity index is 678. The van der Waals surface area contributed by atoms with Gasteiger partial charge in [0, 0.05) is 16.1 Å². The SMILES string of the molecule is N#Cc1ccccc1CON=Cc1ccc(Cl)cc1Cl. The molecule has 0 N–H and O–H groups in total. The van der Waals surface area contributed by atoms with Crippen molar-refractivity contribution in [2.45, 2.75) is 6.61 Å². The summed E-state index contributed by atoms with van der Waals surface area (Å²) < 4.78 is 0. The number of hydrogen-bond acceptors (Lipinski definition) is 3. The topological polar surface area (TPSA) is 45.4 Å². The van der Waals surface area contributed by atoms with E-state index in [0.29, 0.717) is 21.2 Å². The highest BCUT2D eigenvalue weighted by molar-refractivity contribution is 6.36. The van der Waals surface area contributed by atoms with E-state index in [1.807, 2.05) is 12.1 Å². The van der Waals surface area contributed by atoms with Crippen molar-refractivity contribution in [1.29, 1.82) is 5.26 Å². The van der Waals surface area contributed by atoms with Crippen molar-refractivity contribution < 1.29 is 4.84 Å². The number of halogens is 2. The van der Waals surface area contributed by atoms with E-state index in [1.54, 1.807) is 30.3 Å². The molecule has 0 aromatic heterocycles. The number of hydrogen-bond donors (Lipinski definition) is 0. The molecule has 0 heterocycles. The average Bonchev–Trinajstić information content (AvgIpc) is 2.46. The molecule has 0 amide bonds. The highest BCUT2D eigenvalue weighted by atomic mass is 35.5. The second-order valence-electron chi connectivity index (χ2n) is 3.94. The van der Waals surface area contributed by atoms with E-state index in [9.17, 15) is 0 Å². The van der Waals surface area contributed by atoms with Gasteiger partial charge >= 0.3 is 0 Å². The third kappa shape index (κ3) is 3.74. The van der Waals surface area contributed by atoms with E-state index in [0.717, 1.165) is 5.56 Å². The van der Waals surface area contributed by atoms with E-state index in [-0.39, 0.29) is 6.61 Å². The first-order valence-electron chi connectivity index (χ1n) is 5.79. The van der Waals surface area contributed by atoms with Gasteiger partial charge in [-0.05, 0) is 18.2 Å². The Kier molecular flexibility index (Phi) is 5.00. The molecule has 3 nitrogen and oxygen atoms in total. The molecule has 2 aromatic carbocycles. The van der Waals surface area contributed by atoms with Gasteiger partial charge in [0.1, 0.15) is 6.61 Å². The lowest BCUT2D eigenvalue weighted by atomic mass is 10.1. The minimum absolute atomic E-state index is 0.228. The fourth-order valence-corrected chi connectivity index (χ4v) is 2.02. The molecule has 0 unspecified atom stereocenters. The predicted octanol–water partition coefficient (Wildman–Crippen LogP) is 4.42. The third-order valence-electron chi connectivity index (χ3n) is 2.59. The Hall–Kier alpha value is -2.02. The van der Waals surface area contributed by atoms with Crippen LogP contribution in [0.4, 0.5) is 0 Å². The van der Waals surface area contributed by atoms with E-state index in [1.165, 1.54) is 6.21 Å². The smallest absolute Gasteiger partial charge is 0.143 e. The number of nitriles is 1. The Morgan fingerprint density at radius 1 is 1.20 bits per heavy atom. The molecular weight excluding hydrogens is 295 g/mol. The summed E-state index contributed by atoms with van der Waals surface area (Å²) in [6.07, 6.45) is 1.51. The number of benzene rings is 2. The summed E-state index contributed by atoms with van der Waals surface area (Å²) in [5.74, 6) is 0. The molecule has 0 aliphatic heterocycles. The second-order valence-corrected chi connectivity index (χ2v) is 4.79. The van der Waals surface area contributed by atoms with Crippen LogP contribution in [0.15, 0.2) is 47.6 Å². The van der Waals surface area contributed by atoms with Crippen LogP contribution in [0.2, 0.25) is 10.0 Å². The first-order valence-corrected chi connectivity index (χ1v) is 6.54. The summed E-state index contributed by atoms with van der Waals surface area (Å²) >= 11 is 11.8. The number of nitrogens with zero attached hydrogens (tertiary/aromatic N) is 2. The van der Waals surface area contributed by atoms with Gasteiger partial charge in [-0.15, -0.1) is 0 Å². The van der Waals surface area contributed by atoms with Crippen molar-refractivity contribution in [1.82, 2.24) is 0 Å². The monoisotopic (exact) mass is 304 g/mol. The largest absolute Gasteiger partial charge is 0.391 e. The molecule has 0 aliphatic carbocycles. The normalized spacial score (nSPS) is 10.4. The molecule has 0 atom stereocenters. The maximum Gasteiger partial charge on any atom is 0.143 e. The van der Waals surface area contributed by atoms with E-state index in [4.69, 9.17) is 33.3 Å². The molecule has 20 heavy (non-hydrogen) atoms. The fourth-order valence-electron chi connectivity index (χ4n) is 1.56. The van der Waals surface area contributed by atoms with Gasteiger partial charge in [0.15, 0.2) is 0 Å². The van der Waals surface area contributed by atoms with Gasteiger partial charge in [-0.25, -0.2) is 0 Å². The quantitative estimate of drug-likeness (QED) is 0.620. The van der Waals surface area contributed by atoms with Crippen LogP contribution in [-0.4, -0.2) is 6.21 Å². The molecule has 0 fully saturated rings. The molecule has 0 aliphatic rings. The summed E-state index contributed by atoms with van der Waals surface area (Å²) in [5, 5.41) is 13.9. The summed E-state index contributed by atoms with van der Waals surface area (Å²) in [6.45, 7) is 0.228. The van der Waals surface area contributed by atoms with Crippen molar-refractivity contribution in [3.63, 3.8) is 0 Å². The highest BCUT2D eigenvalue weighted by Gasteiger charge is 2.01. The van der Waals surface area contributed by atoms with Crippen LogP contribution in [0.1, 0.15) is 16.7 Å². The Balaban J connectivity index is 1.99. The van der Waals surface area contributed by atoms with Crippen molar-refractivity contribution in [2.75, 3.05) is 0 Å². The molecule has 0 saturated carbocycles. The van der Waals surface area contributed by atoms with Gasteiger partial charge in [-0.1, -0.05) is 52.6 Å². The van der Waals surface area contributed by atoms with Crippen LogP contribution in [0, 0.1) is 11.3 Å². The molecule has 0 spiro atoms. The Morgan fingerprint density at radius 2 is 2.00 bits per heavy atom. The average molecular weight is 305 g/mol. The molecule has 0 radical (unpaired) electrons. The van der Waals surface area contributed by atoms with E-state index in [2.05, 4.69) is 11.2 Å². The third-order valence-corrected chi connectivity index (χ3v) is 3.15. The second kappa shape index (κ2) is 6.95. The summed E-state index contributed by atoms with van der Waals surface area (Å²) in [6, 6.07) is 14.4. The summed E-state index contributed by atoms with van der Waals surface area (Å²) in [5.41, 5.74) is 2.08. The maximum atomic E-state index is 8.94. The predicted molar refractivity (Wildman–Crippen MR) is 80.0 cm³/mol. The zero-order valence-corrected chi connectivity index (χ0v) is 11.9. The fraction of sp³-hybridized carbons (Fsp3) is 0.0667. The van der Waals surface area contributed by atoms with E-state index >= 15 is 0 Å². The summed E-state index contributed by atoms with van der Waals surface area (Å²) in [7, 11) is 0. The lowest BCUT2D eigenvalue weighted by molar-refractivity contribution is 0.132. The van der Waals surface area contributed by atoms with Gasteiger partial charge in [-0.2, -0.15) is 5.26 Å². The van der Waals surface area contributed by atoms with Gasteiger partial charge in [0.25, 0.3) is 0 Å². The van der Waals surface area contributed by atoms with Gasteiger partial charge in [-0.3, -0.25) is 0 Å². The minimum atomic E-state index is 0.228. The first kappa shape index (κ1) is 14.4. The highest BCUT2D eigenvalue weighted by Crippen LogP contribution is 2.19. The van der Waals surface area contributed by atoms with Crippen LogP contribution >= 0.6 is 23.2 Å². The number of rotatable bonds is 4. The first-order chi connectivity index (χ1) is 9.70. The Labute approximate surface area is 127 Å². The van der Waals surface area contributed by atoms with Crippen LogP contribution < -0.4 is 0 Å². The molecular formula is C15H10Cl2N2O. The van der Waals surface area contributed by atoms with Crippen LogP contribution in [-0.2, 0) is 11.4 Å². The molecule has 100 valence electrons. The number of oxime groups is 1. The van der Waals surface area contributed by atoms with Crippen molar-refractivity contribution in [2.24, 2.45) is 5.16 Å². The molecule has 5 heteroatoms. The summed E-state index contributed by atoms with van der Waals surface area (Å²) in [4.78, 5) is 5.18. The minimum Gasteiger partial charge on any atom is -0.391 e. The van der Waals surface area contributed by atoms with Crippen molar-refractivity contribution in [3.05, 3.63) is 69.2 Å². The van der Waals surface area contributed by atoms with Crippen molar-refractivity contribution >= 4 is 29.4 Å². The Morgan fingerprint density at radius 3 is 2.75 bits per heavy atom. The van der Waals surface area contributed by atoms with Crippen LogP contribution in [0.3, 0.4) is 0 Å². The van der Waals surface area contributed by atoms with Gasteiger partial charge in [0.2, 0.25) is 0 Å². The van der Waals surface area contributed by atoms with E-state index < -0.39 is 0 Å². The molecule has 0 saturated heterocycles. The van der Waals surface area contributed by atoms with Gasteiger partial charge < -0.3 is 4.84 Å². The molecule has 2 aromatic rings. The maximum absolute atomic E-state index is 8.94. The lowest BCUT2D eigenvalue weighted by Crippen LogP contribution is -1.92. The zero-order valence-electron chi connectivity index (χ0n) is 10.4. The van der Waals surface area contributed by atoms with Crippen LogP contribution in [0.5, 0.6) is 0 Å². The van der Waals surface area contributed by atoms with Crippen molar-refractivity contribution in [3.8, 4) is 6.07 Å². The zero-order chi connectivity index (χ0) is 14.4. The van der Waals surface area contributed by atoms with Gasteiger partial charge in [0.05, 0.1) is 22.9 Å². The molecule has 0 bridgehead atoms. The van der Waals surface area contributed by atoms with Crippen LogP contribution in [0.25, 0.3) is 0 Å². The lowest BCUT2D eigenvalue weighted by Gasteiger charge is -2.02. The standard InChI is InChI=1S/C15H10Cl2N2O/c16-14-6-5-12(15(17)7-14)9-19-20-10-13-4-2-1-3-11(13)8-18/h1-7,9H,10H2.